The molecule has 1 amide bonds. The highest BCUT2D eigenvalue weighted by molar-refractivity contribution is 6.31. The Labute approximate surface area is 122 Å². The summed E-state index contributed by atoms with van der Waals surface area (Å²) in [5, 5.41) is 0.419. The van der Waals surface area contributed by atoms with E-state index in [-0.39, 0.29) is 29.6 Å². The SMILES string of the molecule is NC[C@@H]1CCCN1C(=O)[C@H]1C[C@@H]1c1c(F)cccc1Cl. The number of carbonyl (C=O) groups is 1. The molecule has 1 saturated carbocycles. The van der Waals surface area contributed by atoms with Gasteiger partial charge in [0.25, 0.3) is 0 Å². The van der Waals surface area contributed by atoms with Crippen molar-refractivity contribution in [3.05, 3.63) is 34.6 Å². The minimum atomic E-state index is -0.311. The molecule has 20 heavy (non-hydrogen) atoms. The molecule has 1 aromatic rings. The first-order valence-electron chi connectivity index (χ1n) is 7.08. The molecule has 3 rings (SSSR count). The fraction of sp³-hybridized carbons (Fsp3) is 0.533. The van der Waals surface area contributed by atoms with Crippen molar-refractivity contribution in [3.63, 3.8) is 0 Å². The zero-order valence-electron chi connectivity index (χ0n) is 11.2. The van der Waals surface area contributed by atoms with Crippen molar-refractivity contribution in [2.45, 2.75) is 31.2 Å². The Morgan fingerprint density at radius 3 is 3.00 bits per heavy atom. The number of benzene rings is 1. The fourth-order valence-corrected chi connectivity index (χ4v) is 3.54. The van der Waals surface area contributed by atoms with E-state index in [1.807, 2.05) is 4.90 Å². The summed E-state index contributed by atoms with van der Waals surface area (Å²) >= 11 is 6.07. The molecule has 3 nitrogen and oxygen atoms in total. The summed E-state index contributed by atoms with van der Waals surface area (Å²) in [6, 6.07) is 4.82. The summed E-state index contributed by atoms with van der Waals surface area (Å²) in [4.78, 5) is 14.4. The lowest BCUT2D eigenvalue weighted by Crippen LogP contribution is -2.40. The Morgan fingerprint density at radius 2 is 2.30 bits per heavy atom. The Hall–Kier alpha value is -1.13. The van der Waals surface area contributed by atoms with Gasteiger partial charge in [-0.05, 0) is 31.4 Å². The largest absolute Gasteiger partial charge is 0.338 e. The van der Waals surface area contributed by atoms with Crippen molar-refractivity contribution in [2.24, 2.45) is 11.7 Å². The predicted octanol–water partition coefficient (Wildman–Crippen LogP) is 2.53. The lowest BCUT2D eigenvalue weighted by Gasteiger charge is -2.23. The van der Waals surface area contributed by atoms with Gasteiger partial charge in [0.1, 0.15) is 5.82 Å². The van der Waals surface area contributed by atoms with Crippen molar-refractivity contribution >= 4 is 17.5 Å². The smallest absolute Gasteiger partial charge is 0.226 e. The molecular formula is C15H18ClFN2O. The molecule has 0 radical (unpaired) electrons. The van der Waals surface area contributed by atoms with Crippen LogP contribution in [0.4, 0.5) is 4.39 Å². The van der Waals surface area contributed by atoms with Gasteiger partial charge in [-0.3, -0.25) is 4.79 Å². The summed E-state index contributed by atoms with van der Waals surface area (Å²) in [5.41, 5.74) is 6.20. The van der Waals surface area contributed by atoms with Gasteiger partial charge < -0.3 is 10.6 Å². The second kappa shape index (κ2) is 5.34. The average molecular weight is 297 g/mol. The molecule has 0 aromatic heterocycles. The van der Waals surface area contributed by atoms with Crippen LogP contribution in [0, 0.1) is 11.7 Å². The topological polar surface area (TPSA) is 46.3 Å². The molecule has 1 saturated heterocycles. The number of hydrogen-bond donors (Lipinski definition) is 1. The van der Waals surface area contributed by atoms with Gasteiger partial charge >= 0.3 is 0 Å². The van der Waals surface area contributed by atoms with Crippen LogP contribution in [0.25, 0.3) is 0 Å². The highest BCUT2D eigenvalue weighted by Crippen LogP contribution is 2.51. The number of nitrogens with two attached hydrogens (primary N) is 1. The van der Waals surface area contributed by atoms with Crippen LogP contribution < -0.4 is 5.73 Å². The second-order valence-electron chi connectivity index (χ2n) is 5.65. The molecule has 0 bridgehead atoms. The first kappa shape index (κ1) is 13.8. The molecule has 1 aromatic carbocycles. The maximum absolute atomic E-state index is 13.9. The lowest BCUT2D eigenvalue weighted by atomic mass is 10.1. The Kier molecular flexibility index (Phi) is 3.69. The van der Waals surface area contributed by atoms with E-state index in [9.17, 15) is 9.18 Å². The average Bonchev–Trinajstić information content (AvgIpc) is 3.05. The first-order chi connectivity index (χ1) is 9.63. The standard InChI is InChI=1S/C15H18ClFN2O/c16-12-4-1-5-13(17)14(12)10-7-11(10)15(20)19-6-2-3-9(19)8-18/h1,4-5,9-11H,2-3,6-8,18H2/t9-,10-,11-/m0/s1. The summed E-state index contributed by atoms with van der Waals surface area (Å²) in [6.07, 6.45) is 2.67. The molecular weight excluding hydrogens is 279 g/mol. The van der Waals surface area contributed by atoms with Crippen LogP contribution in [0.15, 0.2) is 18.2 Å². The van der Waals surface area contributed by atoms with E-state index >= 15 is 0 Å². The maximum atomic E-state index is 13.9. The maximum Gasteiger partial charge on any atom is 0.226 e. The van der Waals surface area contributed by atoms with Gasteiger partial charge in [-0.1, -0.05) is 17.7 Å². The predicted molar refractivity (Wildman–Crippen MR) is 76.0 cm³/mol. The van der Waals surface area contributed by atoms with E-state index in [1.54, 1.807) is 12.1 Å². The zero-order valence-corrected chi connectivity index (χ0v) is 11.9. The quantitative estimate of drug-likeness (QED) is 0.932. The van der Waals surface area contributed by atoms with Crippen molar-refractivity contribution in [2.75, 3.05) is 13.1 Å². The van der Waals surface area contributed by atoms with Crippen LogP contribution in [0.2, 0.25) is 5.02 Å². The molecule has 1 aliphatic heterocycles. The van der Waals surface area contributed by atoms with Crippen molar-refractivity contribution in [3.8, 4) is 0 Å². The van der Waals surface area contributed by atoms with Crippen molar-refractivity contribution in [1.82, 2.24) is 4.90 Å². The van der Waals surface area contributed by atoms with Gasteiger partial charge in [0, 0.05) is 41.6 Å². The number of nitrogens with zero attached hydrogens (tertiary/aromatic N) is 1. The van der Waals surface area contributed by atoms with Crippen LogP contribution in [0.3, 0.4) is 0 Å². The summed E-state index contributed by atoms with van der Waals surface area (Å²) in [6.45, 7) is 1.28. The first-order valence-corrected chi connectivity index (χ1v) is 7.45. The minimum absolute atomic E-state index is 0.0739. The Balaban J connectivity index is 1.74. The zero-order chi connectivity index (χ0) is 14.3. The molecule has 1 aliphatic carbocycles. The van der Waals surface area contributed by atoms with Gasteiger partial charge in [0.05, 0.1) is 0 Å². The number of rotatable bonds is 3. The van der Waals surface area contributed by atoms with E-state index in [2.05, 4.69) is 0 Å². The lowest BCUT2D eigenvalue weighted by molar-refractivity contribution is -0.133. The molecule has 3 atom stereocenters. The summed E-state index contributed by atoms with van der Waals surface area (Å²) in [5.74, 6) is -0.399. The Bertz CT molecular complexity index is 516. The molecule has 2 fully saturated rings. The number of carbonyl (C=O) groups excluding carboxylic acids is 1. The van der Waals surface area contributed by atoms with Crippen LogP contribution in [0.1, 0.15) is 30.7 Å². The molecule has 2 aliphatic rings. The van der Waals surface area contributed by atoms with Gasteiger partial charge in [0.15, 0.2) is 0 Å². The number of hydrogen-bond acceptors (Lipinski definition) is 2. The second-order valence-corrected chi connectivity index (χ2v) is 6.05. The van der Waals surface area contributed by atoms with E-state index in [4.69, 9.17) is 17.3 Å². The molecule has 108 valence electrons. The highest BCUT2D eigenvalue weighted by Gasteiger charge is 2.49. The van der Waals surface area contributed by atoms with E-state index in [0.717, 1.165) is 19.4 Å². The van der Waals surface area contributed by atoms with E-state index < -0.39 is 0 Å². The number of likely N-dealkylation sites (tertiary alicyclic amines) is 1. The molecule has 1 heterocycles. The monoisotopic (exact) mass is 296 g/mol. The fourth-order valence-electron chi connectivity index (χ4n) is 3.24. The van der Waals surface area contributed by atoms with Gasteiger partial charge in [-0.25, -0.2) is 4.39 Å². The Morgan fingerprint density at radius 1 is 1.50 bits per heavy atom. The highest BCUT2D eigenvalue weighted by atomic mass is 35.5. The van der Waals surface area contributed by atoms with Crippen LogP contribution in [-0.2, 0) is 4.79 Å². The van der Waals surface area contributed by atoms with Crippen LogP contribution >= 0.6 is 11.6 Å². The molecule has 0 unspecified atom stereocenters. The van der Waals surface area contributed by atoms with Crippen LogP contribution in [-0.4, -0.2) is 29.9 Å². The van der Waals surface area contributed by atoms with Gasteiger partial charge in [0.2, 0.25) is 5.91 Å². The summed E-state index contributed by atoms with van der Waals surface area (Å²) < 4.78 is 13.9. The third-order valence-electron chi connectivity index (χ3n) is 4.41. The molecule has 5 heteroatoms. The van der Waals surface area contributed by atoms with E-state index in [0.29, 0.717) is 23.6 Å². The number of amides is 1. The van der Waals surface area contributed by atoms with Gasteiger partial charge in [-0.15, -0.1) is 0 Å². The minimum Gasteiger partial charge on any atom is -0.338 e. The van der Waals surface area contributed by atoms with E-state index in [1.165, 1.54) is 6.07 Å². The number of halogens is 2. The summed E-state index contributed by atoms with van der Waals surface area (Å²) in [7, 11) is 0. The third kappa shape index (κ3) is 2.31. The van der Waals surface area contributed by atoms with Crippen molar-refractivity contribution in [1.29, 1.82) is 0 Å². The molecule has 2 N–H and O–H groups in total. The van der Waals surface area contributed by atoms with Gasteiger partial charge in [-0.2, -0.15) is 0 Å². The normalized spacial score (nSPS) is 28.8. The van der Waals surface area contributed by atoms with Crippen LogP contribution in [0.5, 0.6) is 0 Å². The third-order valence-corrected chi connectivity index (χ3v) is 4.74. The molecule has 0 spiro atoms. The van der Waals surface area contributed by atoms with Crippen molar-refractivity contribution < 1.29 is 9.18 Å².